The summed E-state index contributed by atoms with van der Waals surface area (Å²) in [5.41, 5.74) is 0. The minimum absolute atomic E-state index is 0.583. The van der Waals surface area contributed by atoms with E-state index >= 15 is 0 Å². The molecule has 0 aromatic heterocycles. The first-order chi connectivity index (χ1) is 11.4. The summed E-state index contributed by atoms with van der Waals surface area (Å²) in [4.78, 5) is 0. The van der Waals surface area contributed by atoms with E-state index in [-0.39, 0.29) is 0 Å². The van der Waals surface area contributed by atoms with Crippen molar-refractivity contribution in [2.24, 2.45) is 0 Å². The van der Waals surface area contributed by atoms with Crippen molar-refractivity contribution in [3.8, 4) is 0 Å². The van der Waals surface area contributed by atoms with Crippen LogP contribution in [0, 0.1) is 0 Å². The second kappa shape index (κ2) is 21.7. The Kier molecular flexibility index (Phi) is 21.5. The van der Waals surface area contributed by atoms with E-state index in [1.54, 1.807) is 0 Å². The average molecular weight is 336 g/mol. The van der Waals surface area contributed by atoms with Crippen LogP contribution in [0.3, 0.4) is 0 Å². The molecule has 7 heteroatoms. The maximum Gasteiger partial charge on any atom is 0.0701 e. The molecule has 0 aliphatic heterocycles. The van der Waals surface area contributed by atoms with Gasteiger partial charge in [-0.2, -0.15) is 0 Å². The predicted octanol–water partition coefficient (Wildman–Crippen LogP) is 0.288. The number of hydrogen-bond donors (Lipinski definition) is 2. The largest absolute Gasteiger partial charge is 0.378 e. The zero-order valence-corrected chi connectivity index (χ0v) is 14.9. The Morgan fingerprint density at radius 1 is 0.522 bits per heavy atom. The number of hydrogen-bond acceptors (Lipinski definition) is 7. The molecule has 0 saturated carbocycles. The van der Waals surface area contributed by atoms with Crippen LogP contribution < -0.4 is 10.6 Å². The highest BCUT2D eigenvalue weighted by Gasteiger charge is 1.93. The van der Waals surface area contributed by atoms with Crippen LogP contribution in [0.25, 0.3) is 0 Å². The molecule has 0 bridgehead atoms. The highest BCUT2D eigenvalue weighted by Crippen LogP contribution is 1.83. The molecule has 0 atom stereocenters. The van der Waals surface area contributed by atoms with Crippen molar-refractivity contribution in [1.29, 1.82) is 0 Å². The van der Waals surface area contributed by atoms with Crippen molar-refractivity contribution in [1.82, 2.24) is 10.6 Å². The van der Waals surface area contributed by atoms with Gasteiger partial charge in [0.05, 0.1) is 66.1 Å². The molecule has 0 unspecified atom stereocenters. The van der Waals surface area contributed by atoms with Crippen molar-refractivity contribution in [3.63, 3.8) is 0 Å². The molecule has 0 aliphatic rings. The molecular weight excluding hydrogens is 300 g/mol. The van der Waals surface area contributed by atoms with Crippen LogP contribution in [-0.2, 0) is 23.7 Å². The van der Waals surface area contributed by atoms with Gasteiger partial charge in [0.2, 0.25) is 0 Å². The van der Waals surface area contributed by atoms with E-state index in [1.165, 1.54) is 0 Å². The summed E-state index contributed by atoms with van der Waals surface area (Å²) in [6, 6.07) is 0. The lowest BCUT2D eigenvalue weighted by Crippen LogP contribution is -2.21. The third-order valence-electron chi connectivity index (χ3n) is 2.83. The van der Waals surface area contributed by atoms with Gasteiger partial charge in [-0.15, -0.1) is 0 Å². The van der Waals surface area contributed by atoms with E-state index in [0.29, 0.717) is 59.5 Å². The van der Waals surface area contributed by atoms with Crippen LogP contribution in [0.4, 0.5) is 0 Å². The zero-order valence-electron chi connectivity index (χ0n) is 14.9. The second-order valence-electron chi connectivity index (χ2n) is 4.92. The molecule has 7 nitrogen and oxygen atoms in total. The zero-order chi connectivity index (χ0) is 16.8. The minimum atomic E-state index is 0.583. The van der Waals surface area contributed by atoms with Gasteiger partial charge in [0, 0.05) is 13.1 Å². The number of rotatable bonds is 20. The second-order valence-corrected chi connectivity index (χ2v) is 4.92. The Labute approximate surface area is 141 Å². The topological polar surface area (TPSA) is 70.2 Å². The van der Waals surface area contributed by atoms with Crippen molar-refractivity contribution in [2.75, 3.05) is 92.8 Å². The first-order valence-corrected chi connectivity index (χ1v) is 8.65. The standard InChI is InChI=1S/C16H36N2O5/c1-3-4-18-6-8-20-10-12-22-14-16-23-15-13-21-11-9-19-7-5-17-2/h17-18H,3-16H2,1-2H3. The highest BCUT2D eigenvalue weighted by molar-refractivity contribution is 4.43. The molecule has 140 valence electrons. The third kappa shape index (κ3) is 21.7. The van der Waals surface area contributed by atoms with Crippen LogP contribution in [0.1, 0.15) is 13.3 Å². The fourth-order valence-corrected chi connectivity index (χ4v) is 1.60. The molecular formula is C16H36N2O5. The van der Waals surface area contributed by atoms with Crippen LogP contribution in [0.5, 0.6) is 0 Å². The van der Waals surface area contributed by atoms with Crippen molar-refractivity contribution < 1.29 is 23.7 Å². The normalized spacial score (nSPS) is 11.2. The number of nitrogens with one attached hydrogen (secondary N) is 2. The number of ether oxygens (including phenoxy) is 5. The minimum Gasteiger partial charge on any atom is -0.378 e. The quantitative estimate of drug-likeness (QED) is 0.310. The summed E-state index contributed by atoms with van der Waals surface area (Å²) in [6.07, 6.45) is 1.15. The molecule has 0 radical (unpaired) electrons. The van der Waals surface area contributed by atoms with Gasteiger partial charge >= 0.3 is 0 Å². The molecule has 2 N–H and O–H groups in total. The summed E-state index contributed by atoms with van der Waals surface area (Å²) < 4.78 is 26.9. The lowest BCUT2D eigenvalue weighted by atomic mass is 10.5. The van der Waals surface area contributed by atoms with Gasteiger partial charge in [-0.05, 0) is 20.0 Å². The fraction of sp³-hybridized carbons (Fsp3) is 1.00. The molecule has 0 aromatic rings. The summed E-state index contributed by atoms with van der Waals surface area (Å²) in [5, 5.41) is 6.30. The summed E-state index contributed by atoms with van der Waals surface area (Å²) in [6.45, 7) is 11.2. The number of likely N-dealkylation sites (N-methyl/N-ethyl adjacent to an activating group) is 1. The lowest BCUT2D eigenvalue weighted by Gasteiger charge is -2.08. The molecule has 0 fully saturated rings. The Bertz CT molecular complexity index is 191. The van der Waals surface area contributed by atoms with E-state index in [0.717, 1.165) is 32.7 Å². The monoisotopic (exact) mass is 336 g/mol. The smallest absolute Gasteiger partial charge is 0.0701 e. The first kappa shape index (κ1) is 22.7. The lowest BCUT2D eigenvalue weighted by molar-refractivity contribution is -0.0105. The Morgan fingerprint density at radius 3 is 1.30 bits per heavy atom. The van der Waals surface area contributed by atoms with Crippen molar-refractivity contribution in [2.45, 2.75) is 13.3 Å². The van der Waals surface area contributed by atoms with Crippen molar-refractivity contribution in [3.05, 3.63) is 0 Å². The molecule has 0 spiro atoms. The van der Waals surface area contributed by atoms with E-state index in [1.807, 2.05) is 7.05 Å². The van der Waals surface area contributed by atoms with E-state index in [4.69, 9.17) is 23.7 Å². The van der Waals surface area contributed by atoms with E-state index in [2.05, 4.69) is 17.6 Å². The van der Waals surface area contributed by atoms with Gasteiger partial charge in [-0.25, -0.2) is 0 Å². The maximum atomic E-state index is 5.42. The van der Waals surface area contributed by atoms with Crippen molar-refractivity contribution >= 4 is 0 Å². The third-order valence-corrected chi connectivity index (χ3v) is 2.83. The molecule has 0 amide bonds. The predicted molar refractivity (Wildman–Crippen MR) is 91.2 cm³/mol. The van der Waals surface area contributed by atoms with Crippen LogP contribution >= 0.6 is 0 Å². The Hall–Kier alpha value is -0.280. The van der Waals surface area contributed by atoms with Gasteiger partial charge < -0.3 is 34.3 Å². The van der Waals surface area contributed by atoms with Gasteiger partial charge in [-0.3, -0.25) is 0 Å². The summed E-state index contributed by atoms with van der Waals surface area (Å²) >= 11 is 0. The molecule has 23 heavy (non-hydrogen) atoms. The average Bonchev–Trinajstić information content (AvgIpc) is 2.57. The molecule has 0 rings (SSSR count). The van der Waals surface area contributed by atoms with Gasteiger partial charge in [0.25, 0.3) is 0 Å². The summed E-state index contributed by atoms with van der Waals surface area (Å²) in [5.74, 6) is 0. The van der Waals surface area contributed by atoms with Crippen LogP contribution in [-0.4, -0.2) is 92.8 Å². The molecule has 0 saturated heterocycles. The summed E-state index contributed by atoms with van der Waals surface area (Å²) in [7, 11) is 1.90. The molecule has 0 aliphatic carbocycles. The molecule has 0 aromatic carbocycles. The maximum absolute atomic E-state index is 5.42. The van der Waals surface area contributed by atoms with Crippen LogP contribution in [0.15, 0.2) is 0 Å². The highest BCUT2D eigenvalue weighted by atomic mass is 16.6. The van der Waals surface area contributed by atoms with E-state index < -0.39 is 0 Å². The Morgan fingerprint density at radius 2 is 0.913 bits per heavy atom. The molecule has 0 heterocycles. The van der Waals surface area contributed by atoms with E-state index in [9.17, 15) is 0 Å². The Balaban J connectivity index is 2.92. The van der Waals surface area contributed by atoms with Crippen LogP contribution in [0.2, 0.25) is 0 Å². The van der Waals surface area contributed by atoms with Gasteiger partial charge in [0.15, 0.2) is 0 Å². The fourth-order valence-electron chi connectivity index (χ4n) is 1.60. The van der Waals surface area contributed by atoms with Gasteiger partial charge in [-0.1, -0.05) is 6.92 Å². The SMILES string of the molecule is CCCNCCOCCOCCOCCOCCOCCNC. The first-order valence-electron chi connectivity index (χ1n) is 8.65. The van der Waals surface area contributed by atoms with Gasteiger partial charge in [0.1, 0.15) is 0 Å².